The summed E-state index contributed by atoms with van der Waals surface area (Å²) in [5, 5.41) is 22.7. The van der Waals surface area contributed by atoms with E-state index in [4.69, 9.17) is 23.7 Å². The number of β-amino-alcohol motifs (C(OH)–C–C–N with tert-alkyl or cyclic N) is 1. The van der Waals surface area contributed by atoms with Gasteiger partial charge in [0.25, 0.3) is 0 Å². The highest BCUT2D eigenvalue weighted by atomic mass is 16.7. The van der Waals surface area contributed by atoms with Crippen molar-refractivity contribution in [2.45, 2.75) is 75.2 Å². The first-order valence-corrected chi connectivity index (χ1v) is 13.3. The van der Waals surface area contributed by atoms with E-state index in [1.165, 1.54) is 14.2 Å². The predicted octanol–water partition coefficient (Wildman–Crippen LogP) is 2.57. The van der Waals surface area contributed by atoms with Gasteiger partial charge < -0.3 is 33.9 Å². The van der Waals surface area contributed by atoms with Gasteiger partial charge in [-0.15, -0.1) is 0 Å². The van der Waals surface area contributed by atoms with Crippen molar-refractivity contribution in [3.8, 4) is 11.5 Å². The van der Waals surface area contributed by atoms with Crippen LogP contribution in [-0.2, 0) is 23.8 Å². The summed E-state index contributed by atoms with van der Waals surface area (Å²) in [6.07, 6.45) is 2.06. The maximum atomic E-state index is 13.7. The average molecular weight is 532 g/mol. The van der Waals surface area contributed by atoms with Gasteiger partial charge in [-0.3, -0.25) is 9.69 Å². The lowest BCUT2D eigenvalue weighted by molar-refractivity contribution is -0.178. The van der Waals surface area contributed by atoms with Gasteiger partial charge in [-0.25, -0.2) is 4.79 Å². The largest absolute Gasteiger partial charge is 0.497 e. The van der Waals surface area contributed by atoms with Crippen LogP contribution in [-0.4, -0.2) is 78.4 Å². The molecule has 1 saturated heterocycles. The number of nitrogens with zero attached hydrogens (tertiary/aromatic N) is 1. The van der Waals surface area contributed by atoms with E-state index in [1.807, 2.05) is 26.0 Å². The fraction of sp³-hybridized carbons (Fsp3) is 0.643. The van der Waals surface area contributed by atoms with E-state index >= 15 is 0 Å². The molecule has 3 heterocycles. The van der Waals surface area contributed by atoms with Gasteiger partial charge in [0.15, 0.2) is 23.2 Å². The van der Waals surface area contributed by atoms with Gasteiger partial charge in [0, 0.05) is 6.54 Å². The van der Waals surface area contributed by atoms with E-state index < -0.39 is 47.6 Å². The Morgan fingerprint density at radius 1 is 1.21 bits per heavy atom. The number of esters is 2. The van der Waals surface area contributed by atoms with Crippen LogP contribution in [0.25, 0.3) is 0 Å². The summed E-state index contributed by atoms with van der Waals surface area (Å²) >= 11 is 0. The van der Waals surface area contributed by atoms with Crippen molar-refractivity contribution in [1.82, 2.24) is 4.90 Å². The Hall–Kier alpha value is -2.82. The predicted molar refractivity (Wildman–Crippen MR) is 134 cm³/mol. The van der Waals surface area contributed by atoms with Crippen LogP contribution in [0.4, 0.5) is 0 Å². The Labute approximate surface area is 222 Å². The molecular weight excluding hydrogens is 494 g/mol. The zero-order valence-electron chi connectivity index (χ0n) is 22.4. The molecule has 1 aliphatic carbocycles. The summed E-state index contributed by atoms with van der Waals surface area (Å²) < 4.78 is 27.9. The smallest absolute Gasteiger partial charge is 0.339 e. The van der Waals surface area contributed by atoms with Gasteiger partial charge in [-0.05, 0) is 67.5 Å². The SMILES string of the molecule is COC(=O)CC(O)(CCC(C)C)C(=O)OC1C(OC)=CC23CCCN2CC(O)c2cc4c(cc2C13)OCO4. The highest BCUT2D eigenvalue weighted by molar-refractivity contribution is 5.86. The quantitative estimate of drug-likeness (QED) is 0.484. The number of benzene rings is 1. The van der Waals surface area contributed by atoms with Gasteiger partial charge >= 0.3 is 11.9 Å². The molecule has 2 N–H and O–H groups in total. The number of fused-ring (bicyclic) bond motifs is 3. The number of carbonyl (C=O) groups is 2. The van der Waals surface area contributed by atoms with Crippen molar-refractivity contribution >= 4 is 11.9 Å². The maximum Gasteiger partial charge on any atom is 0.339 e. The Kier molecular flexibility index (Phi) is 7.08. The van der Waals surface area contributed by atoms with Crippen LogP contribution in [0.3, 0.4) is 0 Å². The number of ether oxygens (including phenoxy) is 5. The monoisotopic (exact) mass is 531 g/mol. The molecule has 0 aromatic heterocycles. The molecule has 0 amide bonds. The van der Waals surface area contributed by atoms with Crippen LogP contribution in [0.2, 0.25) is 0 Å². The third-order valence-corrected chi connectivity index (χ3v) is 8.42. The first-order valence-electron chi connectivity index (χ1n) is 13.3. The molecule has 0 radical (unpaired) electrons. The normalized spacial score (nSPS) is 29.0. The number of hydrogen-bond donors (Lipinski definition) is 2. The van der Waals surface area contributed by atoms with Gasteiger partial charge in [0.05, 0.1) is 38.2 Å². The van der Waals surface area contributed by atoms with Crippen molar-refractivity contribution in [3.63, 3.8) is 0 Å². The molecule has 1 fully saturated rings. The number of rotatable bonds is 8. The molecule has 10 nitrogen and oxygen atoms in total. The average Bonchev–Trinajstić information content (AvgIpc) is 3.58. The molecule has 1 spiro atoms. The van der Waals surface area contributed by atoms with E-state index in [0.29, 0.717) is 35.8 Å². The minimum Gasteiger partial charge on any atom is -0.497 e. The summed E-state index contributed by atoms with van der Waals surface area (Å²) in [7, 11) is 2.75. The molecule has 10 heteroatoms. The fourth-order valence-electron chi connectivity index (χ4n) is 6.44. The van der Waals surface area contributed by atoms with Crippen LogP contribution < -0.4 is 9.47 Å². The molecule has 38 heavy (non-hydrogen) atoms. The third-order valence-electron chi connectivity index (χ3n) is 8.42. The second kappa shape index (κ2) is 10.1. The Morgan fingerprint density at radius 2 is 1.92 bits per heavy atom. The second-order valence-electron chi connectivity index (χ2n) is 11.2. The van der Waals surface area contributed by atoms with Gasteiger partial charge in [-0.2, -0.15) is 0 Å². The molecule has 0 bridgehead atoms. The Balaban J connectivity index is 1.56. The summed E-state index contributed by atoms with van der Waals surface area (Å²) in [6.45, 7) is 5.21. The molecule has 5 unspecified atom stereocenters. The number of aliphatic hydroxyl groups excluding tert-OH is 1. The topological polar surface area (TPSA) is 124 Å². The zero-order valence-corrected chi connectivity index (χ0v) is 22.4. The van der Waals surface area contributed by atoms with Crippen LogP contribution >= 0.6 is 0 Å². The standard InChI is InChI=1S/C28H37NO9/c1-16(2)6-8-28(33,13-23(31)35-4)26(32)38-25-22(34-3)12-27-7-5-9-29(27)14-19(30)17-10-20-21(37-15-36-20)11-18(17)24(25)27/h10-12,16,19,24-25,30,33H,5-9,13-15H2,1-4H3. The number of carbonyl (C=O) groups excluding carboxylic acids is 2. The fourth-order valence-corrected chi connectivity index (χ4v) is 6.44. The van der Waals surface area contributed by atoms with Crippen LogP contribution in [0.5, 0.6) is 11.5 Å². The minimum absolute atomic E-state index is 0.0489. The molecule has 4 aliphatic rings. The Morgan fingerprint density at radius 3 is 2.58 bits per heavy atom. The zero-order chi connectivity index (χ0) is 27.2. The molecule has 1 aromatic rings. The van der Waals surface area contributed by atoms with Crippen molar-refractivity contribution in [3.05, 3.63) is 35.1 Å². The van der Waals surface area contributed by atoms with Crippen LogP contribution in [0.15, 0.2) is 24.0 Å². The summed E-state index contributed by atoms with van der Waals surface area (Å²) in [5.74, 6) is -0.235. The van der Waals surface area contributed by atoms with Gasteiger partial charge in [-0.1, -0.05) is 13.8 Å². The first-order chi connectivity index (χ1) is 18.1. The third kappa shape index (κ3) is 4.42. The number of methoxy groups -OCH3 is 2. The highest BCUT2D eigenvalue weighted by Crippen LogP contribution is 2.57. The molecule has 5 rings (SSSR count). The van der Waals surface area contributed by atoms with Crippen molar-refractivity contribution < 1.29 is 43.5 Å². The lowest BCUT2D eigenvalue weighted by Crippen LogP contribution is -2.49. The summed E-state index contributed by atoms with van der Waals surface area (Å²) in [4.78, 5) is 28.1. The molecule has 5 atom stereocenters. The molecule has 0 saturated carbocycles. The van der Waals surface area contributed by atoms with E-state index in [9.17, 15) is 19.8 Å². The molecule has 208 valence electrons. The lowest BCUT2D eigenvalue weighted by atomic mass is 9.77. The van der Waals surface area contributed by atoms with E-state index in [1.54, 1.807) is 6.07 Å². The highest BCUT2D eigenvalue weighted by Gasteiger charge is 2.60. The molecule has 1 aromatic carbocycles. The summed E-state index contributed by atoms with van der Waals surface area (Å²) in [5.41, 5.74) is -1.15. The maximum absolute atomic E-state index is 13.7. The Bertz CT molecular complexity index is 1130. The van der Waals surface area contributed by atoms with Crippen LogP contribution in [0.1, 0.15) is 69.1 Å². The van der Waals surface area contributed by atoms with Crippen LogP contribution in [0, 0.1) is 5.92 Å². The number of hydrogen-bond acceptors (Lipinski definition) is 10. The van der Waals surface area contributed by atoms with E-state index in [-0.39, 0.29) is 19.1 Å². The van der Waals surface area contributed by atoms with E-state index in [0.717, 1.165) is 24.9 Å². The molecule has 3 aliphatic heterocycles. The minimum atomic E-state index is -2.05. The second-order valence-corrected chi connectivity index (χ2v) is 11.2. The lowest BCUT2D eigenvalue weighted by Gasteiger charge is -2.39. The summed E-state index contributed by atoms with van der Waals surface area (Å²) in [6, 6.07) is 3.67. The van der Waals surface area contributed by atoms with Crippen molar-refractivity contribution in [1.29, 1.82) is 0 Å². The first kappa shape index (κ1) is 26.8. The number of aliphatic hydroxyl groups is 2. The van der Waals surface area contributed by atoms with Crippen molar-refractivity contribution in [2.24, 2.45) is 5.92 Å². The van der Waals surface area contributed by atoms with E-state index in [2.05, 4.69) is 4.90 Å². The van der Waals surface area contributed by atoms with Gasteiger partial charge in [0.1, 0.15) is 5.76 Å². The molecular formula is C28H37NO9. The van der Waals surface area contributed by atoms with Crippen molar-refractivity contribution in [2.75, 3.05) is 34.1 Å². The van der Waals surface area contributed by atoms with Gasteiger partial charge in [0.2, 0.25) is 6.79 Å².